The molecule has 1 heterocycles. The Labute approximate surface area is 115 Å². The van der Waals surface area contributed by atoms with Crippen molar-refractivity contribution in [2.24, 2.45) is 0 Å². The molecule has 2 aromatic rings. The third-order valence-electron chi connectivity index (χ3n) is 3.38. The van der Waals surface area contributed by atoms with Crippen molar-refractivity contribution in [1.82, 2.24) is 10.3 Å². The van der Waals surface area contributed by atoms with E-state index in [9.17, 15) is 0 Å². The lowest BCUT2D eigenvalue weighted by Crippen LogP contribution is -2.39. The minimum atomic E-state index is 0.131. The van der Waals surface area contributed by atoms with Crippen molar-refractivity contribution >= 4 is 0 Å². The van der Waals surface area contributed by atoms with Crippen LogP contribution in [0.5, 0.6) is 0 Å². The number of hydrogen-bond donors (Lipinski definition) is 1. The summed E-state index contributed by atoms with van der Waals surface area (Å²) < 4.78 is 0. The zero-order valence-electron chi connectivity index (χ0n) is 11.8. The molecule has 2 heteroatoms. The van der Waals surface area contributed by atoms with Crippen molar-refractivity contribution in [1.29, 1.82) is 0 Å². The zero-order valence-corrected chi connectivity index (χ0v) is 11.8. The fraction of sp³-hybridized carbons (Fsp3) is 0.353. The van der Waals surface area contributed by atoms with Crippen molar-refractivity contribution in [2.45, 2.75) is 38.8 Å². The summed E-state index contributed by atoms with van der Waals surface area (Å²) in [5.41, 5.74) is 2.76. The van der Waals surface area contributed by atoms with Crippen LogP contribution in [0.15, 0.2) is 54.9 Å². The molecule has 100 valence electrons. The summed E-state index contributed by atoms with van der Waals surface area (Å²) >= 11 is 0. The lowest BCUT2D eigenvalue weighted by Gasteiger charge is -2.26. The normalized spacial score (nSPS) is 11.5. The number of aromatic nitrogens is 1. The van der Waals surface area contributed by atoms with Crippen molar-refractivity contribution in [3.8, 4) is 0 Å². The van der Waals surface area contributed by atoms with E-state index in [2.05, 4.69) is 60.5 Å². The molecule has 0 unspecified atom stereocenters. The van der Waals surface area contributed by atoms with Crippen molar-refractivity contribution in [3.63, 3.8) is 0 Å². The van der Waals surface area contributed by atoms with Gasteiger partial charge in [0.2, 0.25) is 0 Å². The van der Waals surface area contributed by atoms with E-state index in [1.54, 1.807) is 0 Å². The quantitative estimate of drug-likeness (QED) is 0.852. The van der Waals surface area contributed by atoms with Gasteiger partial charge in [0.05, 0.1) is 0 Å². The first-order valence-electron chi connectivity index (χ1n) is 6.84. The molecule has 0 amide bonds. The minimum absolute atomic E-state index is 0.131. The monoisotopic (exact) mass is 254 g/mol. The van der Waals surface area contributed by atoms with Gasteiger partial charge in [0.1, 0.15) is 0 Å². The van der Waals surface area contributed by atoms with Gasteiger partial charge in [-0.1, -0.05) is 36.4 Å². The summed E-state index contributed by atoms with van der Waals surface area (Å²) in [6, 6.07) is 14.7. The molecule has 1 N–H and O–H groups in total. The summed E-state index contributed by atoms with van der Waals surface area (Å²) in [4.78, 5) is 4.14. The van der Waals surface area contributed by atoms with E-state index in [1.807, 2.05) is 18.5 Å². The predicted octanol–water partition coefficient (Wildman–Crippen LogP) is 3.58. The first-order valence-corrected chi connectivity index (χ1v) is 6.84. The van der Waals surface area contributed by atoms with E-state index in [0.29, 0.717) is 0 Å². The number of aryl methyl sites for hydroxylation is 1. The first kappa shape index (κ1) is 13.8. The van der Waals surface area contributed by atoms with Gasteiger partial charge >= 0.3 is 0 Å². The highest BCUT2D eigenvalue weighted by Gasteiger charge is 2.16. The summed E-state index contributed by atoms with van der Waals surface area (Å²) in [5.74, 6) is 0. The van der Waals surface area contributed by atoms with E-state index in [-0.39, 0.29) is 5.54 Å². The molecule has 2 nitrogen and oxygen atoms in total. The molecule has 1 aromatic heterocycles. The molecule has 19 heavy (non-hydrogen) atoms. The van der Waals surface area contributed by atoms with Gasteiger partial charge in [-0.15, -0.1) is 0 Å². The van der Waals surface area contributed by atoms with Crippen LogP contribution in [0.3, 0.4) is 0 Å². The van der Waals surface area contributed by atoms with Gasteiger partial charge < -0.3 is 5.32 Å². The molecule has 1 aromatic carbocycles. The maximum Gasteiger partial charge on any atom is 0.0312 e. The van der Waals surface area contributed by atoms with E-state index in [1.165, 1.54) is 11.1 Å². The van der Waals surface area contributed by atoms with Crippen molar-refractivity contribution in [2.75, 3.05) is 0 Å². The number of benzene rings is 1. The van der Waals surface area contributed by atoms with Gasteiger partial charge in [0.15, 0.2) is 0 Å². The standard InChI is InChI=1S/C17H22N2/c1-17(2,11-10-15-7-4-3-5-8-15)19-14-16-9-6-12-18-13-16/h3-9,12-13,19H,10-11,14H2,1-2H3. The van der Waals surface area contributed by atoms with Crippen LogP contribution in [-0.4, -0.2) is 10.5 Å². The fourth-order valence-electron chi connectivity index (χ4n) is 2.03. The second-order valence-electron chi connectivity index (χ2n) is 5.58. The largest absolute Gasteiger partial charge is 0.308 e. The fourth-order valence-corrected chi connectivity index (χ4v) is 2.03. The third-order valence-corrected chi connectivity index (χ3v) is 3.38. The van der Waals surface area contributed by atoms with Crippen LogP contribution in [0.2, 0.25) is 0 Å². The Balaban J connectivity index is 1.82. The second-order valence-corrected chi connectivity index (χ2v) is 5.58. The van der Waals surface area contributed by atoms with E-state index in [4.69, 9.17) is 0 Å². The molecule has 0 aliphatic carbocycles. The van der Waals surface area contributed by atoms with Crippen LogP contribution in [0.25, 0.3) is 0 Å². The summed E-state index contributed by atoms with van der Waals surface area (Å²) in [6.07, 6.45) is 5.95. The van der Waals surface area contributed by atoms with Crippen molar-refractivity contribution in [3.05, 3.63) is 66.0 Å². The Morgan fingerprint density at radius 2 is 1.74 bits per heavy atom. The molecule has 0 aliphatic heterocycles. The van der Waals surface area contributed by atoms with Gasteiger partial charge in [-0.3, -0.25) is 4.98 Å². The molecule has 0 saturated carbocycles. The summed E-state index contributed by atoms with van der Waals surface area (Å²) in [6.45, 7) is 5.38. The van der Waals surface area contributed by atoms with Crippen LogP contribution < -0.4 is 5.32 Å². The average Bonchev–Trinajstić information content (AvgIpc) is 2.46. The zero-order chi connectivity index (χ0) is 13.6. The third kappa shape index (κ3) is 4.84. The molecule has 0 aliphatic rings. The van der Waals surface area contributed by atoms with Gasteiger partial charge in [-0.25, -0.2) is 0 Å². The topological polar surface area (TPSA) is 24.9 Å². The highest BCUT2D eigenvalue weighted by molar-refractivity contribution is 5.15. The molecule has 0 bridgehead atoms. The Hall–Kier alpha value is -1.67. The molecule has 0 atom stereocenters. The van der Waals surface area contributed by atoms with Crippen LogP contribution in [0.4, 0.5) is 0 Å². The maximum atomic E-state index is 4.14. The molecule has 0 saturated heterocycles. The minimum Gasteiger partial charge on any atom is -0.308 e. The molecule has 0 radical (unpaired) electrons. The second kappa shape index (κ2) is 6.48. The van der Waals surface area contributed by atoms with Gasteiger partial charge in [-0.2, -0.15) is 0 Å². The number of nitrogens with zero attached hydrogens (tertiary/aromatic N) is 1. The van der Waals surface area contributed by atoms with E-state index >= 15 is 0 Å². The SMILES string of the molecule is CC(C)(CCc1ccccc1)NCc1cccnc1. The maximum absolute atomic E-state index is 4.14. The number of rotatable bonds is 6. The molecule has 0 fully saturated rings. The average molecular weight is 254 g/mol. The lowest BCUT2D eigenvalue weighted by molar-refractivity contribution is 0.360. The summed E-state index contributed by atoms with van der Waals surface area (Å²) in [7, 11) is 0. The highest BCUT2D eigenvalue weighted by Crippen LogP contribution is 2.14. The smallest absolute Gasteiger partial charge is 0.0312 e. The molecule has 0 spiro atoms. The number of hydrogen-bond acceptors (Lipinski definition) is 2. The molecule has 2 rings (SSSR count). The van der Waals surface area contributed by atoms with Crippen LogP contribution in [-0.2, 0) is 13.0 Å². The number of nitrogens with one attached hydrogen (secondary N) is 1. The van der Waals surface area contributed by atoms with E-state index in [0.717, 1.165) is 19.4 Å². The Morgan fingerprint density at radius 1 is 1.00 bits per heavy atom. The van der Waals surface area contributed by atoms with Gasteiger partial charge in [0.25, 0.3) is 0 Å². The van der Waals surface area contributed by atoms with Gasteiger partial charge in [-0.05, 0) is 43.9 Å². The number of pyridine rings is 1. The molecular weight excluding hydrogens is 232 g/mol. The Bertz CT molecular complexity index is 432. The molecular formula is C17H22N2. The first-order chi connectivity index (χ1) is 9.16. The van der Waals surface area contributed by atoms with Crippen LogP contribution in [0.1, 0.15) is 31.4 Å². The Kier molecular flexibility index (Phi) is 4.69. The van der Waals surface area contributed by atoms with Gasteiger partial charge in [0, 0.05) is 24.5 Å². The van der Waals surface area contributed by atoms with Crippen molar-refractivity contribution < 1.29 is 0 Å². The van der Waals surface area contributed by atoms with E-state index < -0.39 is 0 Å². The summed E-state index contributed by atoms with van der Waals surface area (Å²) in [5, 5.41) is 3.61. The predicted molar refractivity (Wildman–Crippen MR) is 79.9 cm³/mol. The Morgan fingerprint density at radius 3 is 2.42 bits per heavy atom. The lowest BCUT2D eigenvalue weighted by atomic mass is 9.95. The highest BCUT2D eigenvalue weighted by atomic mass is 14.9. The van der Waals surface area contributed by atoms with Crippen LogP contribution >= 0.6 is 0 Å². The van der Waals surface area contributed by atoms with Crippen LogP contribution in [0, 0.1) is 0 Å².